The zero-order valence-corrected chi connectivity index (χ0v) is 19.0. The lowest BCUT2D eigenvalue weighted by Gasteiger charge is -2.29. The normalized spacial score (nSPS) is 11.8. The topological polar surface area (TPSA) is 67.9 Å². The van der Waals surface area contributed by atoms with Crippen molar-refractivity contribution in [2.24, 2.45) is 0 Å². The van der Waals surface area contributed by atoms with Crippen LogP contribution in [-0.2, 0) is 16.1 Å². The molecule has 1 atom stereocenters. The summed E-state index contributed by atoms with van der Waals surface area (Å²) in [5.74, 6) is 0.854. The quantitative estimate of drug-likeness (QED) is 0.549. The molecule has 2 amide bonds. The van der Waals surface area contributed by atoms with E-state index in [1.165, 1.54) is 4.90 Å². The number of carbonyl (C=O) groups excluding carboxylic acids is 2. The van der Waals surface area contributed by atoms with Gasteiger partial charge in [0.15, 0.2) is 6.61 Å². The number of hydrogen-bond donors (Lipinski definition) is 1. The van der Waals surface area contributed by atoms with Gasteiger partial charge in [-0.15, -0.1) is 0 Å². The fraction of sp³-hybridized carbons (Fsp3) is 0.308. The van der Waals surface area contributed by atoms with Crippen LogP contribution in [0.15, 0.2) is 66.7 Å². The molecule has 0 aromatic heterocycles. The molecule has 0 heterocycles. The van der Waals surface area contributed by atoms with Gasteiger partial charge in [0.1, 0.15) is 17.5 Å². The Labute approximate surface area is 189 Å². The van der Waals surface area contributed by atoms with Crippen LogP contribution in [0.2, 0.25) is 0 Å². The standard InChI is InChI=1S/C26H30N2O4/c1-18(2)27-26(30)19(3)28(16-20-9-7-12-22(15-20)31-4)25(29)17-32-24-14-8-11-21-10-5-6-13-23(21)24/h5-15,18-19H,16-17H2,1-4H3,(H,27,30). The molecule has 0 spiro atoms. The maximum Gasteiger partial charge on any atom is 0.261 e. The minimum atomic E-state index is -0.660. The van der Waals surface area contributed by atoms with Crippen LogP contribution in [0.25, 0.3) is 10.8 Å². The summed E-state index contributed by atoms with van der Waals surface area (Å²) in [7, 11) is 1.60. The zero-order chi connectivity index (χ0) is 23.1. The van der Waals surface area contributed by atoms with Gasteiger partial charge in [0.2, 0.25) is 5.91 Å². The molecule has 6 nitrogen and oxygen atoms in total. The van der Waals surface area contributed by atoms with Crippen molar-refractivity contribution in [3.63, 3.8) is 0 Å². The van der Waals surface area contributed by atoms with E-state index in [0.29, 0.717) is 11.5 Å². The largest absolute Gasteiger partial charge is 0.497 e. The Morgan fingerprint density at radius 1 is 0.969 bits per heavy atom. The molecule has 1 N–H and O–H groups in total. The minimum absolute atomic E-state index is 0.0225. The fourth-order valence-corrected chi connectivity index (χ4v) is 3.50. The third kappa shape index (κ3) is 5.78. The number of nitrogens with zero attached hydrogens (tertiary/aromatic N) is 1. The summed E-state index contributed by atoms with van der Waals surface area (Å²) >= 11 is 0. The SMILES string of the molecule is COc1cccc(CN(C(=O)COc2cccc3ccccc23)C(C)C(=O)NC(C)C)c1. The summed E-state index contributed by atoms with van der Waals surface area (Å²) in [4.78, 5) is 27.5. The van der Waals surface area contributed by atoms with E-state index in [9.17, 15) is 9.59 Å². The third-order valence-corrected chi connectivity index (χ3v) is 5.19. The smallest absolute Gasteiger partial charge is 0.261 e. The molecule has 3 aromatic carbocycles. The van der Waals surface area contributed by atoms with Crippen LogP contribution in [-0.4, -0.2) is 42.5 Å². The summed E-state index contributed by atoms with van der Waals surface area (Å²) in [6.45, 7) is 5.61. The summed E-state index contributed by atoms with van der Waals surface area (Å²) in [5.41, 5.74) is 0.868. The Bertz CT molecular complexity index is 1070. The first-order valence-electron chi connectivity index (χ1n) is 10.7. The lowest BCUT2D eigenvalue weighted by atomic mass is 10.1. The third-order valence-electron chi connectivity index (χ3n) is 5.19. The molecular weight excluding hydrogens is 404 g/mol. The van der Waals surface area contributed by atoms with Crippen LogP contribution in [0.5, 0.6) is 11.5 Å². The lowest BCUT2D eigenvalue weighted by Crippen LogP contribution is -2.50. The van der Waals surface area contributed by atoms with Crippen molar-refractivity contribution in [1.29, 1.82) is 0 Å². The predicted octanol–water partition coefficient (Wildman–Crippen LogP) is 4.17. The molecule has 0 saturated heterocycles. The number of fused-ring (bicyclic) bond motifs is 1. The molecule has 0 aliphatic carbocycles. The minimum Gasteiger partial charge on any atom is -0.497 e. The van der Waals surface area contributed by atoms with Crippen molar-refractivity contribution >= 4 is 22.6 Å². The van der Waals surface area contributed by atoms with E-state index in [4.69, 9.17) is 9.47 Å². The lowest BCUT2D eigenvalue weighted by molar-refractivity contribution is -0.142. The van der Waals surface area contributed by atoms with Crippen LogP contribution >= 0.6 is 0 Å². The number of hydrogen-bond acceptors (Lipinski definition) is 4. The summed E-state index contributed by atoms with van der Waals surface area (Å²) in [5, 5.41) is 4.86. The highest BCUT2D eigenvalue weighted by Crippen LogP contribution is 2.25. The number of ether oxygens (including phenoxy) is 2. The molecule has 0 radical (unpaired) electrons. The van der Waals surface area contributed by atoms with Crippen LogP contribution in [0, 0.1) is 0 Å². The highest BCUT2D eigenvalue weighted by molar-refractivity contribution is 5.90. The second-order valence-electron chi connectivity index (χ2n) is 7.98. The first kappa shape index (κ1) is 23.1. The number of amides is 2. The predicted molar refractivity (Wildman–Crippen MR) is 126 cm³/mol. The molecule has 0 aliphatic heterocycles. The molecular formula is C26H30N2O4. The molecule has 0 aliphatic rings. The number of carbonyl (C=O) groups is 2. The summed E-state index contributed by atoms with van der Waals surface area (Å²) in [6, 6.07) is 20.4. The molecule has 168 valence electrons. The second kappa shape index (κ2) is 10.7. The molecule has 3 aromatic rings. The van der Waals surface area contributed by atoms with E-state index in [0.717, 1.165) is 16.3 Å². The Morgan fingerprint density at radius 2 is 1.69 bits per heavy atom. The van der Waals surface area contributed by atoms with Gasteiger partial charge in [0.05, 0.1) is 7.11 Å². The fourth-order valence-electron chi connectivity index (χ4n) is 3.50. The number of rotatable bonds is 9. The second-order valence-corrected chi connectivity index (χ2v) is 7.98. The van der Waals surface area contributed by atoms with Crippen LogP contribution in [0.3, 0.4) is 0 Å². The maximum absolute atomic E-state index is 13.2. The van der Waals surface area contributed by atoms with Gasteiger partial charge in [-0.2, -0.15) is 0 Å². The molecule has 0 bridgehead atoms. The first-order chi connectivity index (χ1) is 15.4. The Hall–Kier alpha value is -3.54. The van der Waals surface area contributed by atoms with Crippen molar-refractivity contribution in [2.75, 3.05) is 13.7 Å². The first-order valence-corrected chi connectivity index (χ1v) is 10.7. The molecule has 1 unspecified atom stereocenters. The van der Waals surface area contributed by atoms with Crippen molar-refractivity contribution < 1.29 is 19.1 Å². The Balaban J connectivity index is 1.80. The molecule has 0 fully saturated rings. The van der Waals surface area contributed by atoms with Gasteiger partial charge < -0.3 is 19.7 Å². The van der Waals surface area contributed by atoms with Gasteiger partial charge >= 0.3 is 0 Å². The number of benzene rings is 3. The average molecular weight is 435 g/mol. The van der Waals surface area contributed by atoms with Crippen molar-refractivity contribution in [3.05, 3.63) is 72.3 Å². The average Bonchev–Trinajstić information content (AvgIpc) is 2.80. The van der Waals surface area contributed by atoms with Crippen LogP contribution in [0.1, 0.15) is 26.3 Å². The van der Waals surface area contributed by atoms with Gasteiger partial charge in [-0.3, -0.25) is 9.59 Å². The molecule has 32 heavy (non-hydrogen) atoms. The van der Waals surface area contributed by atoms with E-state index in [2.05, 4.69) is 5.32 Å². The van der Waals surface area contributed by atoms with Gasteiger partial charge in [-0.1, -0.05) is 48.5 Å². The van der Waals surface area contributed by atoms with E-state index >= 15 is 0 Å². The highest BCUT2D eigenvalue weighted by Gasteiger charge is 2.27. The van der Waals surface area contributed by atoms with E-state index in [1.54, 1.807) is 14.0 Å². The highest BCUT2D eigenvalue weighted by atomic mass is 16.5. The van der Waals surface area contributed by atoms with Gasteiger partial charge in [-0.05, 0) is 49.9 Å². The zero-order valence-electron chi connectivity index (χ0n) is 19.0. The van der Waals surface area contributed by atoms with Crippen LogP contribution < -0.4 is 14.8 Å². The Kier molecular flexibility index (Phi) is 7.71. The van der Waals surface area contributed by atoms with Gasteiger partial charge in [0.25, 0.3) is 5.91 Å². The summed E-state index contributed by atoms with van der Waals surface area (Å²) < 4.78 is 11.2. The van der Waals surface area contributed by atoms with E-state index < -0.39 is 6.04 Å². The van der Waals surface area contributed by atoms with Crippen LogP contribution in [0.4, 0.5) is 0 Å². The number of methoxy groups -OCH3 is 1. The summed E-state index contributed by atoms with van der Waals surface area (Å²) in [6.07, 6.45) is 0. The van der Waals surface area contributed by atoms with Gasteiger partial charge in [-0.25, -0.2) is 0 Å². The van der Waals surface area contributed by atoms with Gasteiger partial charge in [0, 0.05) is 18.0 Å². The Morgan fingerprint density at radius 3 is 2.44 bits per heavy atom. The molecule has 0 saturated carbocycles. The van der Waals surface area contributed by atoms with Crippen molar-refractivity contribution in [3.8, 4) is 11.5 Å². The number of nitrogens with one attached hydrogen (secondary N) is 1. The van der Waals surface area contributed by atoms with Crippen molar-refractivity contribution in [2.45, 2.75) is 39.4 Å². The monoisotopic (exact) mass is 434 g/mol. The molecule has 6 heteroatoms. The maximum atomic E-state index is 13.2. The van der Waals surface area contributed by atoms with E-state index in [-0.39, 0.29) is 31.0 Å². The van der Waals surface area contributed by atoms with E-state index in [1.807, 2.05) is 80.6 Å². The van der Waals surface area contributed by atoms with Crippen molar-refractivity contribution in [1.82, 2.24) is 10.2 Å². The molecule has 3 rings (SSSR count).